The molecule has 1 amide bonds. The van der Waals surface area contributed by atoms with E-state index in [9.17, 15) is 4.79 Å². The van der Waals surface area contributed by atoms with Crippen LogP contribution >= 0.6 is 0 Å². The molecule has 1 saturated carbocycles. The zero-order valence-electron chi connectivity index (χ0n) is 17.4. The van der Waals surface area contributed by atoms with Crippen LogP contribution in [-0.2, 0) is 4.79 Å². The number of aromatic nitrogens is 1. The van der Waals surface area contributed by atoms with Crippen molar-refractivity contribution in [1.29, 1.82) is 0 Å². The maximum absolute atomic E-state index is 13.1. The van der Waals surface area contributed by atoms with Gasteiger partial charge in [-0.1, -0.05) is 0 Å². The van der Waals surface area contributed by atoms with Gasteiger partial charge in [-0.05, 0) is 68.0 Å². The average molecular weight is 407 g/mol. The third kappa shape index (κ3) is 4.50. The Morgan fingerprint density at radius 1 is 1.07 bits per heavy atom. The molecule has 0 radical (unpaired) electrons. The van der Waals surface area contributed by atoms with Crippen LogP contribution in [0.1, 0.15) is 25.7 Å². The molecule has 0 atom stereocenters. The number of hydrogen-bond acceptors (Lipinski definition) is 5. The molecule has 6 heteroatoms. The number of rotatable bonds is 7. The van der Waals surface area contributed by atoms with Crippen molar-refractivity contribution in [1.82, 2.24) is 15.2 Å². The molecule has 158 valence electrons. The number of benzene rings is 1. The number of carbonyl (C=O) groups excluding carboxylic acids is 1. The SMILES string of the molecule is O=C(C1CNC1)N(c1ccc(OC2CCN(CC3CC3)CC2)cc1)c1cccnc1. The molecule has 0 bridgehead atoms. The van der Waals surface area contributed by atoms with Crippen LogP contribution in [0.15, 0.2) is 48.8 Å². The van der Waals surface area contributed by atoms with Gasteiger partial charge in [0, 0.05) is 44.6 Å². The van der Waals surface area contributed by atoms with E-state index in [1.165, 1.54) is 19.4 Å². The second-order valence-electron chi connectivity index (χ2n) is 8.80. The first-order valence-electron chi connectivity index (χ1n) is 11.2. The Labute approximate surface area is 178 Å². The van der Waals surface area contributed by atoms with Gasteiger partial charge in [-0.3, -0.25) is 14.7 Å². The lowest BCUT2D eigenvalue weighted by Crippen LogP contribution is -2.51. The van der Waals surface area contributed by atoms with Crippen LogP contribution in [0.4, 0.5) is 11.4 Å². The fraction of sp³-hybridized carbons (Fsp3) is 0.500. The number of hydrogen-bond donors (Lipinski definition) is 1. The normalized spacial score (nSPS) is 20.5. The van der Waals surface area contributed by atoms with Crippen LogP contribution in [-0.4, -0.2) is 54.6 Å². The Hall–Kier alpha value is -2.44. The van der Waals surface area contributed by atoms with E-state index in [4.69, 9.17) is 4.74 Å². The summed E-state index contributed by atoms with van der Waals surface area (Å²) in [7, 11) is 0. The fourth-order valence-electron chi connectivity index (χ4n) is 4.28. The van der Waals surface area contributed by atoms with Crippen LogP contribution in [0, 0.1) is 11.8 Å². The summed E-state index contributed by atoms with van der Waals surface area (Å²) in [6.07, 6.45) is 8.75. The third-order valence-electron chi connectivity index (χ3n) is 6.40. The molecular weight excluding hydrogens is 376 g/mol. The summed E-state index contributed by atoms with van der Waals surface area (Å²) in [5, 5.41) is 3.18. The Morgan fingerprint density at radius 2 is 1.83 bits per heavy atom. The molecule has 3 aliphatic rings. The number of carbonyl (C=O) groups is 1. The monoisotopic (exact) mass is 406 g/mol. The lowest BCUT2D eigenvalue weighted by molar-refractivity contribution is -0.123. The fourth-order valence-corrected chi connectivity index (χ4v) is 4.28. The maximum atomic E-state index is 13.1. The molecule has 1 aliphatic carbocycles. The maximum Gasteiger partial charge on any atom is 0.237 e. The highest BCUT2D eigenvalue weighted by Gasteiger charge is 2.31. The summed E-state index contributed by atoms with van der Waals surface area (Å²) in [4.78, 5) is 21.6. The Kier molecular flexibility index (Phi) is 5.69. The van der Waals surface area contributed by atoms with E-state index in [-0.39, 0.29) is 17.9 Å². The lowest BCUT2D eigenvalue weighted by atomic mass is 10.0. The first-order valence-corrected chi connectivity index (χ1v) is 11.2. The van der Waals surface area contributed by atoms with E-state index in [1.807, 2.05) is 36.4 Å². The first-order chi connectivity index (χ1) is 14.8. The Morgan fingerprint density at radius 3 is 2.43 bits per heavy atom. The summed E-state index contributed by atoms with van der Waals surface area (Å²) in [6, 6.07) is 11.7. The molecular formula is C24H30N4O2. The molecule has 1 aromatic carbocycles. The van der Waals surface area contributed by atoms with Crippen molar-refractivity contribution in [3.8, 4) is 5.75 Å². The van der Waals surface area contributed by atoms with Crippen molar-refractivity contribution >= 4 is 17.3 Å². The van der Waals surface area contributed by atoms with Crippen LogP contribution in [0.5, 0.6) is 5.75 Å². The Balaban J connectivity index is 1.24. The lowest BCUT2D eigenvalue weighted by Gasteiger charge is -2.33. The zero-order chi connectivity index (χ0) is 20.3. The number of likely N-dealkylation sites (tertiary alicyclic amines) is 1. The van der Waals surface area contributed by atoms with Crippen molar-refractivity contribution in [3.63, 3.8) is 0 Å². The highest BCUT2D eigenvalue weighted by molar-refractivity contribution is 6.02. The summed E-state index contributed by atoms with van der Waals surface area (Å²) < 4.78 is 6.25. The van der Waals surface area contributed by atoms with Gasteiger partial charge in [0.15, 0.2) is 0 Å². The molecule has 3 heterocycles. The van der Waals surface area contributed by atoms with Gasteiger partial charge in [0.2, 0.25) is 5.91 Å². The predicted octanol–water partition coefficient (Wildman–Crippen LogP) is 3.22. The summed E-state index contributed by atoms with van der Waals surface area (Å²) in [6.45, 7) is 5.01. The third-order valence-corrected chi connectivity index (χ3v) is 6.40. The molecule has 0 spiro atoms. The summed E-state index contributed by atoms with van der Waals surface area (Å²) in [5.74, 6) is 1.96. The number of nitrogens with zero attached hydrogens (tertiary/aromatic N) is 3. The Bertz CT molecular complexity index is 841. The van der Waals surface area contributed by atoms with Crippen LogP contribution in [0.3, 0.4) is 0 Å². The highest BCUT2D eigenvalue weighted by atomic mass is 16.5. The molecule has 2 aliphatic heterocycles. The molecule has 5 rings (SSSR count). The summed E-state index contributed by atoms with van der Waals surface area (Å²) in [5.41, 5.74) is 1.65. The van der Waals surface area contributed by atoms with E-state index in [0.717, 1.165) is 62.1 Å². The quantitative estimate of drug-likeness (QED) is 0.765. The van der Waals surface area contributed by atoms with E-state index < -0.39 is 0 Å². The van der Waals surface area contributed by atoms with Crippen molar-refractivity contribution in [2.75, 3.05) is 37.6 Å². The highest BCUT2D eigenvalue weighted by Crippen LogP contribution is 2.32. The number of piperidine rings is 1. The van der Waals surface area contributed by atoms with Gasteiger partial charge in [-0.25, -0.2) is 0 Å². The minimum atomic E-state index is 0.0157. The van der Waals surface area contributed by atoms with E-state index in [1.54, 1.807) is 17.3 Å². The van der Waals surface area contributed by atoms with Crippen LogP contribution in [0.25, 0.3) is 0 Å². The van der Waals surface area contributed by atoms with Gasteiger partial charge in [0.05, 0.1) is 17.8 Å². The average Bonchev–Trinajstić information content (AvgIpc) is 3.55. The first kappa shape index (κ1) is 19.5. The number of anilines is 2. The van der Waals surface area contributed by atoms with E-state index >= 15 is 0 Å². The van der Waals surface area contributed by atoms with Gasteiger partial charge < -0.3 is 15.0 Å². The van der Waals surface area contributed by atoms with Crippen LogP contribution in [0.2, 0.25) is 0 Å². The molecule has 0 unspecified atom stereocenters. The van der Waals surface area contributed by atoms with Gasteiger partial charge in [-0.2, -0.15) is 0 Å². The molecule has 1 aromatic heterocycles. The standard InChI is InChI=1S/C24H30N4O2/c29-24(19-14-26-15-19)28(21-2-1-11-25-16-21)20-5-7-22(8-6-20)30-23-9-12-27(13-10-23)17-18-3-4-18/h1-2,5-8,11,16,18-19,23,26H,3-4,9-10,12-15,17H2. The number of pyridine rings is 1. The van der Waals surface area contributed by atoms with Gasteiger partial charge in [0.25, 0.3) is 0 Å². The summed E-state index contributed by atoms with van der Waals surface area (Å²) >= 11 is 0. The van der Waals surface area contributed by atoms with Gasteiger partial charge >= 0.3 is 0 Å². The number of nitrogens with one attached hydrogen (secondary N) is 1. The second-order valence-corrected chi connectivity index (χ2v) is 8.80. The topological polar surface area (TPSA) is 57.7 Å². The van der Waals surface area contributed by atoms with Gasteiger partial charge in [0.1, 0.15) is 11.9 Å². The van der Waals surface area contributed by atoms with Crippen molar-refractivity contribution < 1.29 is 9.53 Å². The predicted molar refractivity (Wildman–Crippen MR) is 117 cm³/mol. The number of amides is 1. The number of ether oxygens (including phenoxy) is 1. The smallest absolute Gasteiger partial charge is 0.237 e. The largest absolute Gasteiger partial charge is 0.490 e. The molecule has 2 saturated heterocycles. The van der Waals surface area contributed by atoms with Crippen molar-refractivity contribution in [3.05, 3.63) is 48.8 Å². The molecule has 2 aromatic rings. The van der Waals surface area contributed by atoms with Gasteiger partial charge in [-0.15, -0.1) is 0 Å². The minimum Gasteiger partial charge on any atom is -0.490 e. The molecule has 3 fully saturated rings. The van der Waals surface area contributed by atoms with E-state index in [0.29, 0.717) is 0 Å². The molecule has 1 N–H and O–H groups in total. The second kappa shape index (κ2) is 8.74. The van der Waals surface area contributed by atoms with Crippen molar-refractivity contribution in [2.24, 2.45) is 11.8 Å². The zero-order valence-corrected chi connectivity index (χ0v) is 17.4. The van der Waals surface area contributed by atoms with Crippen molar-refractivity contribution in [2.45, 2.75) is 31.8 Å². The van der Waals surface area contributed by atoms with E-state index in [2.05, 4.69) is 15.2 Å². The minimum absolute atomic E-state index is 0.0157. The molecule has 6 nitrogen and oxygen atoms in total. The molecule has 30 heavy (non-hydrogen) atoms. The van der Waals surface area contributed by atoms with Crippen LogP contribution < -0.4 is 15.0 Å².